The second kappa shape index (κ2) is 12.0. The van der Waals surface area contributed by atoms with Gasteiger partial charge < -0.3 is 20.3 Å². The molecule has 0 aliphatic carbocycles. The van der Waals surface area contributed by atoms with E-state index in [1.165, 1.54) is 6.33 Å². The molecule has 1 amide bonds. The molecule has 0 saturated carbocycles. The first kappa shape index (κ1) is 25.4. The number of rotatable bonds is 7. The van der Waals surface area contributed by atoms with E-state index < -0.39 is 5.60 Å². The number of amides is 1. The highest BCUT2D eigenvalue weighted by Gasteiger charge is 2.23. The lowest BCUT2D eigenvalue weighted by molar-refractivity contribution is 0.0190. The van der Waals surface area contributed by atoms with E-state index in [2.05, 4.69) is 25.7 Å². The Morgan fingerprint density at radius 3 is 2.52 bits per heavy atom. The predicted octanol–water partition coefficient (Wildman–Crippen LogP) is 2.13. The van der Waals surface area contributed by atoms with E-state index in [0.29, 0.717) is 25.6 Å². The lowest BCUT2D eigenvalue weighted by atomic mass is 10.2. The van der Waals surface area contributed by atoms with Crippen LogP contribution in [0.1, 0.15) is 46.9 Å². The topological polar surface area (TPSA) is 96.7 Å². The van der Waals surface area contributed by atoms with Crippen LogP contribution < -0.4 is 10.6 Å². The van der Waals surface area contributed by atoms with Gasteiger partial charge in [-0.2, -0.15) is 5.10 Å². The number of aliphatic imine (C=N–C) groups is 1. The average molecular weight is 495 g/mol. The number of carbonyl (C=O) groups excluding carboxylic acids is 1. The molecule has 0 radical (unpaired) electrons. The summed E-state index contributed by atoms with van der Waals surface area (Å²) in [6.07, 6.45) is 2.02. The molecule has 0 aliphatic rings. The van der Waals surface area contributed by atoms with Crippen molar-refractivity contribution in [1.29, 1.82) is 0 Å². The predicted molar refractivity (Wildman–Crippen MR) is 117 cm³/mol. The molecule has 0 spiro atoms. The Balaban J connectivity index is 0.00000676. The molecular weight excluding hydrogens is 461 g/mol. The first-order valence-electron chi connectivity index (χ1n) is 8.91. The maximum Gasteiger partial charge on any atom is 0.410 e. The molecule has 0 aliphatic heterocycles. The third kappa shape index (κ3) is 9.78. The Morgan fingerprint density at radius 1 is 1.37 bits per heavy atom. The van der Waals surface area contributed by atoms with Crippen LogP contribution in [0.15, 0.2) is 11.3 Å². The molecule has 27 heavy (non-hydrogen) atoms. The molecule has 0 unspecified atom stereocenters. The van der Waals surface area contributed by atoms with E-state index >= 15 is 0 Å². The summed E-state index contributed by atoms with van der Waals surface area (Å²) in [6, 6.07) is 0.0817. The van der Waals surface area contributed by atoms with Crippen LogP contribution in [0.4, 0.5) is 4.79 Å². The van der Waals surface area contributed by atoms with Gasteiger partial charge in [-0.25, -0.2) is 9.78 Å². The lowest BCUT2D eigenvalue weighted by Gasteiger charge is -2.30. The van der Waals surface area contributed by atoms with Crippen molar-refractivity contribution in [3.63, 3.8) is 0 Å². The highest BCUT2D eigenvalue weighted by atomic mass is 127. The van der Waals surface area contributed by atoms with Crippen molar-refractivity contribution in [2.24, 2.45) is 12.0 Å². The molecule has 1 aromatic rings. The minimum absolute atomic E-state index is 0. The molecule has 2 N–H and O–H groups in total. The zero-order valence-corrected chi connectivity index (χ0v) is 19.8. The quantitative estimate of drug-likeness (QED) is 0.261. The molecule has 1 rings (SSSR count). The van der Waals surface area contributed by atoms with E-state index in [-0.39, 0.29) is 36.1 Å². The van der Waals surface area contributed by atoms with Crippen molar-refractivity contribution in [3.8, 4) is 0 Å². The highest BCUT2D eigenvalue weighted by Crippen LogP contribution is 2.12. The fourth-order valence-corrected chi connectivity index (χ4v) is 2.20. The van der Waals surface area contributed by atoms with Gasteiger partial charge in [0.2, 0.25) is 0 Å². The fourth-order valence-electron chi connectivity index (χ4n) is 2.20. The van der Waals surface area contributed by atoms with Crippen LogP contribution in [-0.2, 0) is 18.3 Å². The number of guanidine groups is 1. The van der Waals surface area contributed by atoms with Crippen LogP contribution in [-0.4, -0.2) is 63.5 Å². The van der Waals surface area contributed by atoms with E-state index in [4.69, 9.17) is 4.74 Å². The molecule has 10 heteroatoms. The maximum atomic E-state index is 12.3. The highest BCUT2D eigenvalue weighted by molar-refractivity contribution is 14.0. The van der Waals surface area contributed by atoms with Gasteiger partial charge in [0.25, 0.3) is 0 Å². The summed E-state index contributed by atoms with van der Waals surface area (Å²) in [6.45, 7) is 11.4. The number of halogens is 1. The van der Waals surface area contributed by atoms with Crippen molar-refractivity contribution in [3.05, 3.63) is 12.2 Å². The number of nitrogens with zero attached hydrogens (tertiary/aromatic N) is 5. The minimum Gasteiger partial charge on any atom is -0.444 e. The van der Waals surface area contributed by atoms with Gasteiger partial charge in [-0.1, -0.05) is 0 Å². The number of hydrogen-bond donors (Lipinski definition) is 2. The number of hydrogen-bond acceptors (Lipinski definition) is 5. The van der Waals surface area contributed by atoms with E-state index in [1.54, 1.807) is 16.6 Å². The minimum atomic E-state index is -0.492. The standard InChI is InChI=1S/C17H33N7O2.HI/c1-13(2)24(16(25)26-17(3,4)5)10-8-9-19-15(18-6)20-11-14-21-12-22-23(14)7;/h12-13H,8-11H2,1-7H3,(H2,18,19,20);1H. The van der Waals surface area contributed by atoms with Crippen molar-refractivity contribution >= 4 is 36.0 Å². The van der Waals surface area contributed by atoms with Crippen molar-refractivity contribution in [2.45, 2.75) is 59.2 Å². The van der Waals surface area contributed by atoms with Crippen LogP contribution in [0.3, 0.4) is 0 Å². The van der Waals surface area contributed by atoms with Gasteiger partial charge in [-0.05, 0) is 41.0 Å². The summed E-state index contributed by atoms with van der Waals surface area (Å²) in [5.41, 5.74) is -0.492. The van der Waals surface area contributed by atoms with Crippen LogP contribution in [0.5, 0.6) is 0 Å². The maximum absolute atomic E-state index is 12.3. The van der Waals surface area contributed by atoms with Crippen LogP contribution in [0, 0.1) is 0 Å². The summed E-state index contributed by atoms with van der Waals surface area (Å²) >= 11 is 0. The largest absolute Gasteiger partial charge is 0.444 e. The Labute approximate surface area is 179 Å². The second-order valence-electron chi connectivity index (χ2n) is 7.27. The Kier molecular flexibility index (Phi) is 11.3. The Hall–Kier alpha value is -1.59. The number of ether oxygens (including phenoxy) is 1. The van der Waals surface area contributed by atoms with Gasteiger partial charge in [-0.3, -0.25) is 9.67 Å². The molecule has 0 fully saturated rings. The lowest BCUT2D eigenvalue weighted by Crippen LogP contribution is -2.43. The monoisotopic (exact) mass is 495 g/mol. The molecule has 1 aromatic heterocycles. The molecule has 1 heterocycles. The normalized spacial score (nSPS) is 11.8. The van der Waals surface area contributed by atoms with Gasteiger partial charge >= 0.3 is 6.09 Å². The van der Waals surface area contributed by atoms with Gasteiger partial charge in [0.05, 0.1) is 6.54 Å². The van der Waals surface area contributed by atoms with Crippen molar-refractivity contribution < 1.29 is 9.53 Å². The molecule has 0 atom stereocenters. The first-order chi connectivity index (χ1) is 12.1. The first-order valence-corrected chi connectivity index (χ1v) is 8.91. The second-order valence-corrected chi connectivity index (χ2v) is 7.27. The summed E-state index contributed by atoms with van der Waals surface area (Å²) in [4.78, 5) is 22.4. The average Bonchev–Trinajstić information content (AvgIpc) is 2.93. The summed E-state index contributed by atoms with van der Waals surface area (Å²) in [7, 11) is 3.56. The van der Waals surface area contributed by atoms with E-state index in [0.717, 1.165) is 12.2 Å². The van der Waals surface area contributed by atoms with Crippen LogP contribution in [0.2, 0.25) is 0 Å². The third-order valence-corrected chi connectivity index (χ3v) is 3.56. The van der Waals surface area contributed by atoms with E-state index in [9.17, 15) is 4.79 Å². The van der Waals surface area contributed by atoms with Crippen LogP contribution >= 0.6 is 24.0 Å². The number of aryl methyl sites for hydroxylation is 1. The molecule has 0 bridgehead atoms. The van der Waals surface area contributed by atoms with Gasteiger partial charge in [0.15, 0.2) is 5.96 Å². The zero-order valence-electron chi connectivity index (χ0n) is 17.4. The van der Waals surface area contributed by atoms with Gasteiger partial charge in [-0.15, -0.1) is 24.0 Å². The third-order valence-electron chi connectivity index (χ3n) is 3.56. The number of nitrogens with one attached hydrogen (secondary N) is 2. The Morgan fingerprint density at radius 2 is 2.04 bits per heavy atom. The molecule has 9 nitrogen and oxygen atoms in total. The van der Waals surface area contributed by atoms with Gasteiger partial charge in [0.1, 0.15) is 17.8 Å². The Bertz CT molecular complexity index is 596. The van der Waals surface area contributed by atoms with Crippen molar-refractivity contribution in [1.82, 2.24) is 30.3 Å². The van der Waals surface area contributed by atoms with Crippen molar-refractivity contribution in [2.75, 3.05) is 20.1 Å². The summed E-state index contributed by atoms with van der Waals surface area (Å²) in [5, 5.41) is 10.5. The molecule has 0 aromatic carbocycles. The smallest absolute Gasteiger partial charge is 0.410 e. The molecule has 0 saturated heterocycles. The fraction of sp³-hybridized carbons (Fsp3) is 0.765. The SMILES string of the molecule is CN=C(NCCCN(C(=O)OC(C)(C)C)C(C)C)NCc1ncnn1C.I. The number of aromatic nitrogens is 3. The summed E-state index contributed by atoms with van der Waals surface area (Å²) in [5.74, 6) is 1.50. The molecular formula is C17H34IN7O2. The molecule has 156 valence electrons. The van der Waals surface area contributed by atoms with Crippen LogP contribution in [0.25, 0.3) is 0 Å². The summed E-state index contributed by atoms with van der Waals surface area (Å²) < 4.78 is 7.18. The van der Waals surface area contributed by atoms with E-state index in [1.807, 2.05) is 41.7 Å². The number of carbonyl (C=O) groups is 1. The van der Waals surface area contributed by atoms with Gasteiger partial charge in [0, 0.05) is 33.2 Å². The zero-order chi connectivity index (χ0) is 19.7.